The van der Waals surface area contributed by atoms with Crippen molar-refractivity contribution in [3.05, 3.63) is 35.9 Å². The van der Waals surface area contributed by atoms with Gasteiger partial charge in [0.25, 0.3) is 0 Å². The van der Waals surface area contributed by atoms with Crippen molar-refractivity contribution in [1.82, 2.24) is 21.3 Å². The summed E-state index contributed by atoms with van der Waals surface area (Å²) in [6.45, 7) is 4.82. The molecule has 0 bridgehead atoms. The highest BCUT2D eigenvalue weighted by Crippen LogP contribution is 2.10. The van der Waals surface area contributed by atoms with Crippen LogP contribution in [0.5, 0.6) is 0 Å². The second-order valence-corrected chi connectivity index (χ2v) is 9.31. The number of aliphatic carboxylic acids is 1. The lowest BCUT2D eigenvalue weighted by atomic mass is 10.00. The number of hydrogen-bond acceptors (Lipinski definition) is 6. The van der Waals surface area contributed by atoms with E-state index in [4.69, 9.17) is 5.73 Å². The number of nitrogens with one attached hydrogen (secondary N) is 4. The summed E-state index contributed by atoms with van der Waals surface area (Å²) in [7, 11) is 0. The molecule has 4 unspecified atom stereocenters. The molecule has 10 heteroatoms. The van der Waals surface area contributed by atoms with E-state index in [0.717, 1.165) is 18.5 Å². The minimum absolute atomic E-state index is 0.177. The van der Waals surface area contributed by atoms with Crippen molar-refractivity contribution in [2.24, 2.45) is 11.7 Å². The van der Waals surface area contributed by atoms with Crippen LogP contribution in [0.2, 0.25) is 0 Å². The summed E-state index contributed by atoms with van der Waals surface area (Å²) >= 11 is 0. The Bertz CT molecular complexity index is 842. The highest BCUT2D eigenvalue weighted by atomic mass is 16.4. The molecule has 0 spiro atoms. The fourth-order valence-electron chi connectivity index (χ4n) is 4.04. The van der Waals surface area contributed by atoms with E-state index < -0.39 is 35.9 Å². The topological polar surface area (TPSA) is 163 Å². The Balaban J connectivity index is 2.15. The average molecular weight is 490 g/mol. The summed E-state index contributed by atoms with van der Waals surface area (Å²) in [5.41, 5.74) is 6.30. The number of benzene rings is 1. The van der Waals surface area contributed by atoms with Crippen molar-refractivity contribution in [2.45, 2.75) is 76.5 Å². The monoisotopic (exact) mass is 489 g/mol. The minimum Gasteiger partial charge on any atom is -0.480 e. The Labute approximate surface area is 206 Å². The van der Waals surface area contributed by atoms with E-state index in [-0.39, 0.29) is 30.7 Å². The number of rotatable bonds is 14. The van der Waals surface area contributed by atoms with Crippen molar-refractivity contribution in [3.8, 4) is 0 Å². The van der Waals surface area contributed by atoms with Crippen molar-refractivity contribution in [3.63, 3.8) is 0 Å². The van der Waals surface area contributed by atoms with Gasteiger partial charge in [-0.3, -0.25) is 14.4 Å². The zero-order valence-corrected chi connectivity index (χ0v) is 20.6. The van der Waals surface area contributed by atoms with Crippen LogP contribution in [0.4, 0.5) is 0 Å². The van der Waals surface area contributed by atoms with Crippen LogP contribution in [-0.2, 0) is 25.6 Å². The zero-order chi connectivity index (χ0) is 25.8. The minimum atomic E-state index is -1.14. The second kappa shape index (κ2) is 14.4. The third-order valence-electron chi connectivity index (χ3n) is 6.10. The standard InChI is InChI=1S/C25H39N5O5/c1-16(2)21(30-22(31)18-12-8-14-27-18)24(33)29-20(15-17-9-4-3-5-10-17)23(32)28-19(25(34)35)11-6-7-13-26/h3-5,9-10,16,18-21,27H,6-8,11-15,26H2,1-2H3,(H,28,32)(H,29,33)(H,30,31)(H,34,35). The van der Waals surface area contributed by atoms with E-state index in [1.807, 2.05) is 44.2 Å². The van der Waals surface area contributed by atoms with Gasteiger partial charge in [0.2, 0.25) is 17.7 Å². The molecule has 1 aromatic rings. The molecule has 7 N–H and O–H groups in total. The predicted octanol–water partition coefficient (Wildman–Crippen LogP) is 0.305. The van der Waals surface area contributed by atoms with Gasteiger partial charge in [-0.25, -0.2) is 4.79 Å². The number of unbranched alkanes of at least 4 members (excludes halogenated alkanes) is 1. The third-order valence-corrected chi connectivity index (χ3v) is 6.10. The number of amides is 3. The van der Waals surface area contributed by atoms with Crippen LogP contribution in [0, 0.1) is 5.92 Å². The maximum atomic E-state index is 13.2. The lowest BCUT2D eigenvalue weighted by molar-refractivity contribution is -0.142. The van der Waals surface area contributed by atoms with Crippen molar-refractivity contribution >= 4 is 23.7 Å². The van der Waals surface area contributed by atoms with E-state index in [9.17, 15) is 24.3 Å². The van der Waals surface area contributed by atoms with Crippen molar-refractivity contribution < 1.29 is 24.3 Å². The largest absolute Gasteiger partial charge is 0.480 e. The van der Waals surface area contributed by atoms with Crippen LogP contribution in [0.25, 0.3) is 0 Å². The van der Waals surface area contributed by atoms with Crippen LogP contribution >= 0.6 is 0 Å². The highest BCUT2D eigenvalue weighted by Gasteiger charge is 2.32. The molecule has 1 heterocycles. The first kappa shape index (κ1) is 28.3. The molecule has 0 radical (unpaired) electrons. The molecule has 1 aliphatic rings. The summed E-state index contributed by atoms with van der Waals surface area (Å²) < 4.78 is 0. The van der Waals surface area contributed by atoms with Gasteiger partial charge in [-0.15, -0.1) is 0 Å². The van der Waals surface area contributed by atoms with Crippen LogP contribution < -0.4 is 27.0 Å². The lowest BCUT2D eigenvalue weighted by Crippen LogP contribution is -2.58. The maximum Gasteiger partial charge on any atom is 0.326 e. The molecule has 194 valence electrons. The molecule has 10 nitrogen and oxygen atoms in total. The van der Waals surface area contributed by atoms with Crippen molar-refractivity contribution in [1.29, 1.82) is 0 Å². The first-order valence-corrected chi connectivity index (χ1v) is 12.3. The van der Waals surface area contributed by atoms with Gasteiger partial charge in [0.15, 0.2) is 0 Å². The molecule has 35 heavy (non-hydrogen) atoms. The van der Waals surface area contributed by atoms with E-state index in [1.54, 1.807) is 0 Å². The van der Waals surface area contributed by atoms with Crippen LogP contribution in [0.3, 0.4) is 0 Å². The predicted molar refractivity (Wildman–Crippen MR) is 132 cm³/mol. The fraction of sp³-hybridized carbons (Fsp3) is 0.600. The Hall–Kier alpha value is -2.98. The zero-order valence-electron chi connectivity index (χ0n) is 20.6. The van der Waals surface area contributed by atoms with Crippen LogP contribution in [0.1, 0.15) is 51.5 Å². The summed E-state index contributed by atoms with van der Waals surface area (Å²) in [5.74, 6) is -2.68. The first-order chi connectivity index (χ1) is 16.7. The van der Waals surface area contributed by atoms with Gasteiger partial charge in [0, 0.05) is 6.42 Å². The quantitative estimate of drug-likeness (QED) is 0.205. The van der Waals surface area contributed by atoms with E-state index in [2.05, 4.69) is 21.3 Å². The molecule has 1 fully saturated rings. The molecule has 0 aliphatic carbocycles. The normalized spacial score (nSPS) is 17.9. The van der Waals surface area contributed by atoms with E-state index >= 15 is 0 Å². The van der Waals surface area contributed by atoms with E-state index in [1.165, 1.54) is 0 Å². The highest BCUT2D eigenvalue weighted by molar-refractivity contribution is 5.94. The SMILES string of the molecule is CC(C)C(NC(=O)C1CCCN1)C(=O)NC(Cc1ccccc1)C(=O)NC(CCCCN)C(=O)O. The molecular formula is C25H39N5O5. The first-order valence-electron chi connectivity index (χ1n) is 12.3. The molecule has 1 aromatic carbocycles. The van der Waals surface area contributed by atoms with Crippen LogP contribution in [-0.4, -0.2) is 66.1 Å². The van der Waals surface area contributed by atoms with Crippen LogP contribution in [0.15, 0.2) is 30.3 Å². The average Bonchev–Trinajstić information content (AvgIpc) is 3.37. The number of carboxylic acid groups (broad SMARTS) is 1. The molecule has 0 saturated carbocycles. The number of carboxylic acids is 1. The number of carbonyl (C=O) groups is 4. The van der Waals surface area contributed by atoms with Gasteiger partial charge in [-0.1, -0.05) is 44.2 Å². The fourth-order valence-corrected chi connectivity index (χ4v) is 4.04. The molecule has 4 atom stereocenters. The Kier molecular flexibility index (Phi) is 11.6. The number of nitrogens with two attached hydrogens (primary N) is 1. The molecule has 1 saturated heterocycles. The molecule has 3 amide bonds. The Morgan fingerprint density at radius 1 is 1.03 bits per heavy atom. The van der Waals surface area contributed by atoms with Gasteiger partial charge in [-0.2, -0.15) is 0 Å². The van der Waals surface area contributed by atoms with Crippen molar-refractivity contribution in [2.75, 3.05) is 13.1 Å². The summed E-state index contributed by atoms with van der Waals surface area (Å²) in [4.78, 5) is 50.7. The van der Waals surface area contributed by atoms with Gasteiger partial charge in [0.1, 0.15) is 18.1 Å². The summed E-state index contributed by atoms with van der Waals surface area (Å²) in [6.07, 6.45) is 3.22. The maximum absolute atomic E-state index is 13.2. The second-order valence-electron chi connectivity index (χ2n) is 9.31. The van der Waals surface area contributed by atoms with Gasteiger partial charge >= 0.3 is 5.97 Å². The Morgan fingerprint density at radius 2 is 1.71 bits per heavy atom. The summed E-state index contributed by atoms with van der Waals surface area (Å²) in [6, 6.07) is 5.88. The lowest BCUT2D eigenvalue weighted by Gasteiger charge is -2.27. The third kappa shape index (κ3) is 9.29. The smallest absolute Gasteiger partial charge is 0.326 e. The number of carbonyl (C=O) groups excluding carboxylic acids is 3. The number of hydrogen-bond donors (Lipinski definition) is 6. The Morgan fingerprint density at radius 3 is 2.29 bits per heavy atom. The van der Waals surface area contributed by atoms with E-state index in [0.29, 0.717) is 25.8 Å². The summed E-state index contributed by atoms with van der Waals surface area (Å²) in [5, 5.41) is 20.8. The van der Waals surface area contributed by atoms with Gasteiger partial charge in [-0.05, 0) is 56.7 Å². The molecule has 2 rings (SSSR count). The molecule has 0 aromatic heterocycles. The molecule has 1 aliphatic heterocycles. The van der Waals surface area contributed by atoms with Gasteiger partial charge < -0.3 is 32.1 Å². The van der Waals surface area contributed by atoms with Gasteiger partial charge in [0.05, 0.1) is 6.04 Å². The molecular weight excluding hydrogens is 450 g/mol.